The molecule has 9 heteroatoms. The van der Waals surface area contributed by atoms with Crippen molar-refractivity contribution in [3.8, 4) is 22.3 Å². The molecule has 0 unspecified atom stereocenters. The molecule has 2 aromatic carbocycles. The molecule has 174 valence electrons. The Kier molecular flexibility index (Phi) is 6.11. The molecule has 1 amide bonds. The third-order valence-corrected chi connectivity index (χ3v) is 6.12. The zero-order valence-corrected chi connectivity index (χ0v) is 18.6. The number of carbonyl (C=O) groups is 1. The van der Waals surface area contributed by atoms with Gasteiger partial charge in [-0.2, -0.15) is 5.10 Å². The number of nitrogens with two attached hydrogens (primary N) is 1. The van der Waals surface area contributed by atoms with Crippen LogP contribution >= 0.6 is 0 Å². The molecule has 34 heavy (non-hydrogen) atoms. The molecule has 5 N–H and O–H groups in total. The Bertz CT molecular complexity index is 1310. The van der Waals surface area contributed by atoms with Crippen molar-refractivity contribution in [1.29, 1.82) is 0 Å². The van der Waals surface area contributed by atoms with E-state index in [-0.39, 0.29) is 5.82 Å². The Hall–Kier alpha value is -3.95. The summed E-state index contributed by atoms with van der Waals surface area (Å²) in [6.45, 7) is 4.62. The third-order valence-electron chi connectivity index (χ3n) is 6.12. The second kappa shape index (κ2) is 9.50. The van der Waals surface area contributed by atoms with E-state index in [1.54, 1.807) is 12.3 Å². The van der Waals surface area contributed by atoms with Crippen LogP contribution in [0, 0.1) is 0 Å². The number of aromatic amines is 1. The Morgan fingerprint density at radius 1 is 1.09 bits per heavy atom. The molecule has 1 aliphatic rings. The van der Waals surface area contributed by atoms with E-state index in [0.29, 0.717) is 5.82 Å². The van der Waals surface area contributed by atoms with Crippen LogP contribution < -0.4 is 11.1 Å². The number of morpholine rings is 1. The number of aromatic nitrogens is 3. The smallest absolute Gasteiger partial charge is 0.410 e. The van der Waals surface area contributed by atoms with Gasteiger partial charge in [0.15, 0.2) is 5.82 Å². The number of amides is 1. The summed E-state index contributed by atoms with van der Waals surface area (Å²) in [4.78, 5) is 17.5. The lowest BCUT2D eigenvalue weighted by atomic mass is 9.95. The average molecular weight is 459 g/mol. The lowest BCUT2D eigenvalue weighted by Crippen LogP contribution is -2.37. The van der Waals surface area contributed by atoms with Gasteiger partial charge >= 0.3 is 6.09 Å². The van der Waals surface area contributed by atoms with E-state index in [2.05, 4.69) is 55.7 Å². The monoisotopic (exact) mass is 458 g/mol. The zero-order valence-electron chi connectivity index (χ0n) is 18.6. The highest BCUT2D eigenvalue weighted by Gasteiger charge is 2.14. The third kappa shape index (κ3) is 4.70. The summed E-state index contributed by atoms with van der Waals surface area (Å²) in [7, 11) is 0. The SMILES string of the molecule is Nc1n[nH]c2c(-c3ccc(CCN4CCOCC4)cc3)cc(-c3ccnc(NC(=O)O)c3)cc12. The van der Waals surface area contributed by atoms with Crippen LogP contribution in [0.1, 0.15) is 5.56 Å². The summed E-state index contributed by atoms with van der Waals surface area (Å²) in [5, 5.41) is 19.4. The van der Waals surface area contributed by atoms with Gasteiger partial charge in [0.05, 0.1) is 18.7 Å². The predicted molar refractivity (Wildman–Crippen MR) is 132 cm³/mol. The minimum absolute atomic E-state index is 0.261. The van der Waals surface area contributed by atoms with Crippen molar-refractivity contribution >= 4 is 28.6 Å². The molecule has 3 heterocycles. The average Bonchev–Trinajstić information content (AvgIpc) is 3.23. The van der Waals surface area contributed by atoms with Crippen molar-refractivity contribution in [3.05, 3.63) is 60.3 Å². The Balaban J connectivity index is 1.45. The molecule has 0 radical (unpaired) electrons. The molecule has 0 atom stereocenters. The van der Waals surface area contributed by atoms with Crippen LogP contribution in [-0.2, 0) is 11.2 Å². The first-order chi connectivity index (χ1) is 16.6. The topological polar surface area (TPSA) is 129 Å². The van der Waals surface area contributed by atoms with E-state index >= 15 is 0 Å². The van der Waals surface area contributed by atoms with Gasteiger partial charge in [-0.1, -0.05) is 24.3 Å². The zero-order chi connectivity index (χ0) is 23.5. The number of pyridine rings is 1. The first kappa shape index (κ1) is 21.9. The number of carboxylic acid groups (broad SMARTS) is 1. The van der Waals surface area contributed by atoms with Crippen molar-refractivity contribution < 1.29 is 14.6 Å². The van der Waals surface area contributed by atoms with Crippen LogP contribution in [0.15, 0.2) is 54.7 Å². The second-order valence-corrected chi connectivity index (χ2v) is 8.32. The Morgan fingerprint density at radius 3 is 2.65 bits per heavy atom. The second-order valence-electron chi connectivity index (χ2n) is 8.32. The van der Waals surface area contributed by atoms with Gasteiger partial charge in [0, 0.05) is 36.8 Å². The highest BCUT2D eigenvalue weighted by molar-refractivity contribution is 6.02. The van der Waals surface area contributed by atoms with E-state index < -0.39 is 6.09 Å². The largest absolute Gasteiger partial charge is 0.465 e. The standard InChI is InChI=1S/C25H26N6O3/c26-24-21-14-19(18-5-7-27-22(15-18)28-25(32)33)13-20(23(21)29-30-24)17-3-1-16(2-4-17)6-8-31-9-11-34-12-10-31/h1-5,7,13-15H,6,8-12H2,(H,27,28)(H,32,33)(H3,26,29,30). The number of ether oxygens (including phenoxy) is 1. The summed E-state index contributed by atoms with van der Waals surface area (Å²) < 4.78 is 5.43. The molecule has 4 aromatic rings. The van der Waals surface area contributed by atoms with Gasteiger partial charge in [-0.05, 0) is 52.9 Å². The summed E-state index contributed by atoms with van der Waals surface area (Å²) in [6.07, 6.45) is 1.41. The molecule has 2 aromatic heterocycles. The summed E-state index contributed by atoms with van der Waals surface area (Å²) in [5.41, 5.74) is 12.0. The fourth-order valence-electron chi connectivity index (χ4n) is 4.29. The number of rotatable bonds is 6. The lowest BCUT2D eigenvalue weighted by Gasteiger charge is -2.26. The molecule has 0 aliphatic carbocycles. The highest BCUT2D eigenvalue weighted by Crippen LogP contribution is 2.35. The van der Waals surface area contributed by atoms with Crippen molar-refractivity contribution in [2.75, 3.05) is 43.9 Å². The van der Waals surface area contributed by atoms with Crippen LogP contribution in [0.3, 0.4) is 0 Å². The van der Waals surface area contributed by atoms with Gasteiger partial charge in [-0.25, -0.2) is 9.78 Å². The van der Waals surface area contributed by atoms with Crippen molar-refractivity contribution in [1.82, 2.24) is 20.1 Å². The number of hydrogen-bond donors (Lipinski definition) is 4. The number of H-pyrrole nitrogens is 1. The van der Waals surface area contributed by atoms with E-state index in [1.807, 2.05) is 12.1 Å². The number of nitrogens with zero attached hydrogens (tertiary/aromatic N) is 3. The maximum Gasteiger partial charge on any atom is 0.410 e. The van der Waals surface area contributed by atoms with Crippen molar-refractivity contribution in [2.45, 2.75) is 6.42 Å². The minimum atomic E-state index is -1.16. The number of anilines is 2. The quantitative estimate of drug-likeness (QED) is 0.345. The Morgan fingerprint density at radius 2 is 1.88 bits per heavy atom. The van der Waals surface area contributed by atoms with Gasteiger partial charge in [-0.15, -0.1) is 0 Å². The van der Waals surface area contributed by atoms with E-state index in [0.717, 1.165) is 72.4 Å². The van der Waals surface area contributed by atoms with Gasteiger partial charge in [-0.3, -0.25) is 15.3 Å². The number of nitrogen functional groups attached to an aromatic ring is 1. The number of fused-ring (bicyclic) bond motifs is 1. The minimum Gasteiger partial charge on any atom is -0.465 e. The van der Waals surface area contributed by atoms with Crippen molar-refractivity contribution in [3.63, 3.8) is 0 Å². The number of nitrogens with one attached hydrogen (secondary N) is 2. The summed E-state index contributed by atoms with van der Waals surface area (Å²) in [5.74, 6) is 0.676. The predicted octanol–water partition coefficient (Wildman–Crippen LogP) is 3.84. The molecule has 0 bridgehead atoms. The van der Waals surface area contributed by atoms with Crippen LogP contribution in [0.5, 0.6) is 0 Å². The Labute approximate surface area is 196 Å². The molecule has 0 spiro atoms. The van der Waals surface area contributed by atoms with Gasteiger partial charge < -0.3 is 15.6 Å². The van der Waals surface area contributed by atoms with Crippen LogP contribution in [0.2, 0.25) is 0 Å². The fraction of sp³-hybridized carbons (Fsp3) is 0.240. The number of benzene rings is 2. The first-order valence-electron chi connectivity index (χ1n) is 11.2. The van der Waals surface area contributed by atoms with Crippen molar-refractivity contribution in [2.24, 2.45) is 0 Å². The normalized spacial score (nSPS) is 14.4. The molecule has 5 rings (SSSR count). The van der Waals surface area contributed by atoms with E-state index in [1.165, 1.54) is 5.56 Å². The van der Waals surface area contributed by atoms with Crippen LogP contribution in [0.4, 0.5) is 16.4 Å². The summed E-state index contributed by atoms with van der Waals surface area (Å²) >= 11 is 0. The number of hydrogen-bond acceptors (Lipinski definition) is 6. The van der Waals surface area contributed by atoms with Gasteiger partial charge in [0.25, 0.3) is 0 Å². The molecular weight excluding hydrogens is 432 g/mol. The van der Waals surface area contributed by atoms with Gasteiger partial charge in [0.1, 0.15) is 5.82 Å². The van der Waals surface area contributed by atoms with Crippen LogP contribution in [0.25, 0.3) is 33.2 Å². The highest BCUT2D eigenvalue weighted by atomic mass is 16.5. The lowest BCUT2D eigenvalue weighted by molar-refractivity contribution is 0.0384. The fourth-order valence-corrected chi connectivity index (χ4v) is 4.29. The maximum atomic E-state index is 11.0. The van der Waals surface area contributed by atoms with E-state index in [9.17, 15) is 4.79 Å². The molecule has 1 saturated heterocycles. The van der Waals surface area contributed by atoms with E-state index in [4.69, 9.17) is 15.6 Å². The summed E-state index contributed by atoms with van der Waals surface area (Å²) in [6, 6.07) is 16.1. The molecule has 1 aliphatic heterocycles. The first-order valence-corrected chi connectivity index (χ1v) is 11.2. The molecule has 1 fully saturated rings. The molecular formula is C25H26N6O3. The van der Waals surface area contributed by atoms with Crippen LogP contribution in [-0.4, -0.2) is 64.1 Å². The van der Waals surface area contributed by atoms with Gasteiger partial charge in [0.2, 0.25) is 0 Å². The maximum absolute atomic E-state index is 11.0. The molecule has 0 saturated carbocycles. The molecule has 9 nitrogen and oxygen atoms in total.